The number of rotatable bonds is 4. The van der Waals surface area contributed by atoms with E-state index in [1.165, 1.54) is 44.1 Å². The Hall–Kier alpha value is -0.960. The van der Waals surface area contributed by atoms with Gasteiger partial charge in [-0.3, -0.25) is 0 Å². The standard InChI is InChI=1S/C17H29N3/c1-12(2)18-11-16-13(3)19-17(20-14(16)4)15-9-7-5-6-8-10-15/h12,15,18H,5-11H2,1-4H3. The molecule has 1 saturated carbocycles. The van der Waals surface area contributed by atoms with Gasteiger partial charge in [0.15, 0.2) is 0 Å². The van der Waals surface area contributed by atoms with Gasteiger partial charge < -0.3 is 5.32 Å². The Morgan fingerprint density at radius 2 is 1.55 bits per heavy atom. The van der Waals surface area contributed by atoms with E-state index < -0.39 is 0 Å². The molecule has 3 heteroatoms. The van der Waals surface area contributed by atoms with E-state index in [0.29, 0.717) is 12.0 Å². The molecule has 0 saturated heterocycles. The van der Waals surface area contributed by atoms with Crippen molar-refractivity contribution in [3.63, 3.8) is 0 Å². The minimum atomic E-state index is 0.496. The zero-order chi connectivity index (χ0) is 14.5. The lowest BCUT2D eigenvalue weighted by Gasteiger charge is -2.17. The third-order valence-electron chi connectivity index (χ3n) is 4.35. The highest BCUT2D eigenvalue weighted by Crippen LogP contribution is 2.30. The zero-order valence-corrected chi connectivity index (χ0v) is 13.5. The Labute approximate surface area is 123 Å². The predicted octanol–water partition coefficient (Wildman–Crippen LogP) is 4.03. The quantitative estimate of drug-likeness (QED) is 0.843. The molecule has 1 aliphatic carbocycles. The molecule has 0 radical (unpaired) electrons. The highest BCUT2D eigenvalue weighted by atomic mass is 14.9. The molecule has 0 aliphatic heterocycles. The molecular weight excluding hydrogens is 246 g/mol. The van der Waals surface area contributed by atoms with Gasteiger partial charge in [-0.25, -0.2) is 9.97 Å². The van der Waals surface area contributed by atoms with Crippen molar-refractivity contribution in [2.24, 2.45) is 0 Å². The Bertz CT molecular complexity index is 409. The van der Waals surface area contributed by atoms with E-state index >= 15 is 0 Å². The van der Waals surface area contributed by atoms with Gasteiger partial charge in [-0.05, 0) is 26.7 Å². The van der Waals surface area contributed by atoms with Crippen molar-refractivity contribution in [1.29, 1.82) is 0 Å². The SMILES string of the molecule is Cc1nc(C2CCCCCC2)nc(C)c1CNC(C)C. The van der Waals surface area contributed by atoms with Crippen molar-refractivity contribution in [2.45, 2.75) is 84.7 Å². The summed E-state index contributed by atoms with van der Waals surface area (Å²) >= 11 is 0. The third-order valence-corrected chi connectivity index (χ3v) is 4.35. The predicted molar refractivity (Wildman–Crippen MR) is 83.9 cm³/mol. The first-order valence-electron chi connectivity index (χ1n) is 8.15. The molecule has 1 aliphatic rings. The van der Waals surface area contributed by atoms with Crippen LogP contribution in [-0.4, -0.2) is 16.0 Å². The number of aryl methyl sites for hydroxylation is 2. The summed E-state index contributed by atoms with van der Waals surface area (Å²) in [5.74, 6) is 1.68. The molecule has 1 fully saturated rings. The van der Waals surface area contributed by atoms with Crippen molar-refractivity contribution < 1.29 is 0 Å². The number of nitrogens with one attached hydrogen (secondary N) is 1. The van der Waals surface area contributed by atoms with Crippen LogP contribution in [0, 0.1) is 13.8 Å². The van der Waals surface area contributed by atoms with Crippen LogP contribution in [0.2, 0.25) is 0 Å². The number of aromatic nitrogens is 2. The minimum absolute atomic E-state index is 0.496. The fourth-order valence-electron chi connectivity index (χ4n) is 3.05. The van der Waals surface area contributed by atoms with Gasteiger partial charge in [-0.2, -0.15) is 0 Å². The van der Waals surface area contributed by atoms with Crippen LogP contribution in [0.25, 0.3) is 0 Å². The fraction of sp³-hybridized carbons (Fsp3) is 0.765. The minimum Gasteiger partial charge on any atom is -0.310 e. The lowest BCUT2D eigenvalue weighted by atomic mass is 9.98. The van der Waals surface area contributed by atoms with E-state index in [2.05, 4.69) is 33.0 Å². The van der Waals surface area contributed by atoms with Crippen molar-refractivity contribution in [1.82, 2.24) is 15.3 Å². The maximum atomic E-state index is 4.83. The molecule has 112 valence electrons. The molecule has 0 atom stereocenters. The van der Waals surface area contributed by atoms with E-state index in [4.69, 9.17) is 9.97 Å². The summed E-state index contributed by atoms with van der Waals surface area (Å²) in [6, 6.07) is 0.496. The molecule has 20 heavy (non-hydrogen) atoms. The second kappa shape index (κ2) is 7.16. The summed E-state index contributed by atoms with van der Waals surface area (Å²) in [6.07, 6.45) is 7.96. The molecule has 2 rings (SSSR count). The van der Waals surface area contributed by atoms with Crippen molar-refractivity contribution >= 4 is 0 Å². The van der Waals surface area contributed by atoms with Gasteiger partial charge in [0.1, 0.15) is 5.82 Å². The van der Waals surface area contributed by atoms with Gasteiger partial charge in [0.2, 0.25) is 0 Å². The van der Waals surface area contributed by atoms with E-state index in [9.17, 15) is 0 Å². The first kappa shape index (κ1) is 15.4. The summed E-state index contributed by atoms with van der Waals surface area (Å²) < 4.78 is 0. The highest BCUT2D eigenvalue weighted by Gasteiger charge is 2.19. The monoisotopic (exact) mass is 275 g/mol. The normalized spacial score (nSPS) is 17.4. The van der Waals surface area contributed by atoms with Gasteiger partial charge >= 0.3 is 0 Å². The Balaban J connectivity index is 2.15. The smallest absolute Gasteiger partial charge is 0.131 e. The van der Waals surface area contributed by atoms with Gasteiger partial charge in [0.05, 0.1) is 0 Å². The van der Waals surface area contributed by atoms with Crippen LogP contribution in [0.4, 0.5) is 0 Å². The van der Waals surface area contributed by atoms with E-state index in [1.807, 2.05) is 0 Å². The van der Waals surface area contributed by atoms with Gasteiger partial charge in [-0.1, -0.05) is 39.5 Å². The van der Waals surface area contributed by atoms with E-state index in [0.717, 1.165) is 23.8 Å². The Kier molecular flexibility index (Phi) is 5.53. The van der Waals surface area contributed by atoms with Gasteiger partial charge in [-0.15, -0.1) is 0 Å². The van der Waals surface area contributed by atoms with Crippen LogP contribution in [0.3, 0.4) is 0 Å². The lowest BCUT2D eigenvalue weighted by Crippen LogP contribution is -2.24. The van der Waals surface area contributed by atoms with Crippen LogP contribution >= 0.6 is 0 Å². The second-order valence-corrected chi connectivity index (χ2v) is 6.46. The average molecular weight is 275 g/mol. The van der Waals surface area contributed by atoms with E-state index in [-0.39, 0.29) is 0 Å². The van der Waals surface area contributed by atoms with Crippen molar-refractivity contribution in [3.05, 3.63) is 22.8 Å². The largest absolute Gasteiger partial charge is 0.310 e. The average Bonchev–Trinajstić information content (AvgIpc) is 2.66. The van der Waals surface area contributed by atoms with Crippen molar-refractivity contribution in [2.75, 3.05) is 0 Å². The maximum absolute atomic E-state index is 4.83. The number of nitrogens with zero attached hydrogens (tertiary/aromatic N) is 2. The van der Waals surface area contributed by atoms with E-state index in [1.54, 1.807) is 0 Å². The van der Waals surface area contributed by atoms with Crippen LogP contribution in [0.15, 0.2) is 0 Å². The molecule has 1 N–H and O–H groups in total. The highest BCUT2D eigenvalue weighted by molar-refractivity contribution is 5.25. The summed E-state index contributed by atoms with van der Waals surface area (Å²) in [4.78, 5) is 9.65. The van der Waals surface area contributed by atoms with Crippen LogP contribution in [-0.2, 0) is 6.54 Å². The molecular formula is C17H29N3. The Morgan fingerprint density at radius 1 is 1.00 bits per heavy atom. The van der Waals surface area contributed by atoms with Crippen LogP contribution in [0.1, 0.15) is 81.1 Å². The number of hydrogen-bond donors (Lipinski definition) is 1. The first-order valence-corrected chi connectivity index (χ1v) is 8.15. The zero-order valence-electron chi connectivity index (χ0n) is 13.5. The molecule has 1 aromatic rings. The van der Waals surface area contributed by atoms with Crippen LogP contribution < -0.4 is 5.32 Å². The summed E-state index contributed by atoms with van der Waals surface area (Å²) in [6.45, 7) is 9.48. The maximum Gasteiger partial charge on any atom is 0.131 e. The molecule has 0 unspecified atom stereocenters. The molecule has 0 amide bonds. The number of hydrogen-bond acceptors (Lipinski definition) is 3. The fourth-order valence-corrected chi connectivity index (χ4v) is 3.05. The van der Waals surface area contributed by atoms with Gasteiger partial charge in [0.25, 0.3) is 0 Å². The molecule has 0 aromatic carbocycles. The summed E-state index contributed by atoms with van der Waals surface area (Å²) in [5.41, 5.74) is 3.59. The second-order valence-electron chi connectivity index (χ2n) is 6.46. The molecule has 1 aromatic heterocycles. The van der Waals surface area contributed by atoms with Crippen LogP contribution in [0.5, 0.6) is 0 Å². The summed E-state index contributed by atoms with van der Waals surface area (Å²) in [7, 11) is 0. The Morgan fingerprint density at radius 3 is 2.05 bits per heavy atom. The third kappa shape index (κ3) is 4.02. The van der Waals surface area contributed by atoms with Gasteiger partial charge in [0, 0.05) is 35.5 Å². The topological polar surface area (TPSA) is 37.8 Å². The lowest BCUT2D eigenvalue weighted by molar-refractivity contribution is 0.548. The molecule has 3 nitrogen and oxygen atoms in total. The summed E-state index contributed by atoms with van der Waals surface area (Å²) in [5, 5.41) is 3.47. The first-order chi connectivity index (χ1) is 9.58. The molecule has 0 spiro atoms. The van der Waals surface area contributed by atoms with Crippen molar-refractivity contribution in [3.8, 4) is 0 Å². The molecule has 1 heterocycles. The molecule has 0 bridgehead atoms.